The van der Waals surface area contributed by atoms with E-state index in [2.05, 4.69) is 108 Å². The molecule has 0 saturated carbocycles. The van der Waals surface area contributed by atoms with E-state index in [0.29, 0.717) is 23.3 Å². The van der Waals surface area contributed by atoms with Crippen molar-refractivity contribution in [3.8, 4) is 62.2 Å². The smallest absolute Gasteiger partial charge is 0.167 e. The van der Waals surface area contributed by atoms with Crippen molar-refractivity contribution in [2.45, 2.75) is 0 Å². The molecule has 7 aromatic carbocycles. The van der Waals surface area contributed by atoms with Crippen molar-refractivity contribution in [3.63, 3.8) is 0 Å². The topological polar surface area (TPSA) is 69.6 Å². The van der Waals surface area contributed by atoms with Crippen LogP contribution in [0.2, 0.25) is 0 Å². The van der Waals surface area contributed by atoms with Gasteiger partial charge in [-0.25, -0.2) is 19.9 Å². The first-order valence-corrected chi connectivity index (χ1v) is 18.6. The van der Waals surface area contributed by atoms with Crippen molar-refractivity contribution in [1.82, 2.24) is 24.5 Å². The fraction of sp³-hybridized carbons (Fsp3) is 0. The van der Waals surface area contributed by atoms with Gasteiger partial charge < -0.3 is 4.42 Å². The maximum Gasteiger partial charge on any atom is 0.167 e. The summed E-state index contributed by atoms with van der Waals surface area (Å²) < 4.78 is 8.86. The second kappa shape index (κ2) is 13.0. The van der Waals surface area contributed by atoms with Crippen molar-refractivity contribution >= 4 is 43.7 Å². The Bertz CT molecular complexity index is 3190. The summed E-state index contributed by atoms with van der Waals surface area (Å²) in [6, 6.07) is 62.3. The normalized spacial score (nSPS) is 11.6. The SMILES string of the molecule is c1ccc(-c2nc(-c3ccccc3)nc(-c3cc(-c4ccccc4-c4ccccc4)cnc3-n3c4ccccc4c4c5oc6ccccc6c5ccc43)n2)cc1. The lowest BCUT2D eigenvalue weighted by molar-refractivity contribution is 0.673. The molecular weight excluding hydrogens is 687 g/mol. The highest BCUT2D eigenvalue weighted by Crippen LogP contribution is 2.43. The highest BCUT2D eigenvalue weighted by Gasteiger charge is 2.24. The van der Waals surface area contributed by atoms with Crippen molar-refractivity contribution < 1.29 is 4.42 Å². The summed E-state index contributed by atoms with van der Waals surface area (Å²) in [6.45, 7) is 0. The molecule has 11 rings (SSSR count). The van der Waals surface area contributed by atoms with Crippen LogP contribution in [-0.2, 0) is 0 Å². The number of fused-ring (bicyclic) bond motifs is 7. The number of nitrogens with zero attached hydrogens (tertiary/aromatic N) is 5. The number of hydrogen-bond acceptors (Lipinski definition) is 5. The lowest BCUT2D eigenvalue weighted by atomic mass is 9.94. The Morgan fingerprint density at radius 3 is 1.64 bits per heavy atom. The van der Waals surface area contributed by atoms with Gasteiger partial charge in [0.2, 0.25) is 0 Å². The Hall–Kier alpha value is -7.70. The average Bonchev–Trinajstić information content (AvgIpc) is 3.83. The average molecular weight is 718 g/mol. The lowest BCUT2D eigenvalue weighted by Gasteiger charge is -2.16. The van der Waals surface area contributed by atoms with Crippen LogP contribution in [0.1, 0.15) is 0 Å². The first kappa shape index (κ1) is 31.8. The second-order valence-electron chi connectivity index (χ2n) is 13.8. The molecule has 0 fully saturated rings. The van der Waals surface area contributed by atoms with Crippen LogP contribution in [0.3, 0.4) is 0 Å². The van der Waals surface area contributed by atoms with Gasteiger partial charge in [-0.3, -0.25) is 4.57 Å². The Labute approximate surface area is 322 Å². The summed E-state index contributed by atoms with van der Waals surface area (Å²) in [5.41, 5.74) is 10.5. The molecule has 0 aliphatic carbocycles. The fourth-order valence-corrected chi connectivity index (χ4v) is 7.94. The van der Waals surface area contributed by atoms with E-state index in [9.17, 15) is 0 Å². The first-order valence-electron chi connectivity index (χ1n) is 18.6. The second-order valence-corrected chi connectivity index (χ2v) is 13.8. The van der Waals surface area contributed by atoms with Crippen molar-refractivity contribution in [1.29, 1.82) is 0 Å². The number of hydrogen-bond donors (Lipinski definition) is 0. The standard InChI is InChI=1S/C50H31N5O/c1-4-16-32(17-5-1)36-22-10-11-23-37(36)35-30-41(49-53-47(33-18-6-2-7-19-33)52-48(54-49)34-20-8-3-9-21-34)50(51-31-35)55-42-26-14-12-25-40(42)45-43(55)29-28-39-38-24-13-15-27-44(38)56-46(39)45/h1-31H. The Kier molecular flexibility index (Phi) is 7.38. The number of rotatable bonds is 6. The van der Waals surface area contributed by atoms with E-state index >= 15 is 0 Å². The van der Waals surface area contributed by atoms with Gasteiger partial charge >= 0.3 is 0 Å². The fourth-order valence-electron chi connectivity index (χ4n) is 7.94. The quantitative estimate of drug-likeness (QED) is 0.171. The highest BCUT2D eigenvalue weighted by atomic mass is 16.3. The summed E-state index contributed by atoms with van der Waals surface area (Å²) in [5.74, 6) is 2.40. The van der Waals surface area contributed by atoms with Crippen molar-refractivity contribution in [2.75, 3.05) is 0 Å². The molecule has 0 N–H and O–H groups in total. The number of pyridine rings is 1. The van der Waals surface area contributed by atoms with Crippen molar-refractivity contribution in [2.24, 2.45) is 0 Å². The van der Waals surface area contributed by atoms with E-state index in [0.717, 1.165) is 82.7 Å². The van der Waals surface area contributed by atoms with Gasteiger partial charge in [-0.15, -0.1) is 0 Å². The predicted octanol–water partition coefficient (Wildman–Crippen LogP) is 12.6. The molecular formula is C50H31N5O. The van der Waals surface area contributed by atoms with Crippen LogP contribution >= 0.6 is 0 Å². The van der Waals surface area contributed by atoms with E-state index in [4.69, 9.17) is 24.4 Å². The van der Waals surface area contributed by atoms with Crippen LogP contribution < -0.4 is 0 Å². The number of para-hydroxylation sites is 2. The predicted molar refractivity (Wildman–Crippen MR) is 226 cm³/mol. The maximum atomic E-state index is 6.63. The third-order valence-corrected chi connectivity index (χ3v) is 10.5. The highest BCUT2D eigenvalue weighted by molar-refractivity contribution is 6.24. The molecule has 0 bridgehead atoms. The van der Waals surface area contributed by atoms with E-state index in [-0.39, 0.29) is 0 Å². The zero-order chi connectivity index (χ0) is 37.0. The monoisotopic (exact) mass is 717 g/mol. The van der Waals surface area contributed by atoms with Crippen LogP contribution in [0.25, 0.3) is 106 Å². The zero-order valence-electron chi connectivity index (χ0n) is 30.0. The first-order chi connectivity index (χ1) is 27.8. The summed E-state index contributed by atoms with van der Waals surface area (Å²) in [5, 5.41) is 4.28. The van der Waals surface area contributed by atoms with Gasteiger partial charge in [0.25, 0.3) is 0 Å². The molecule has 0 radical (unpaired) electrons. The van der Waals surface area contributed by atoms with Gasteiger partial charge in [-0.1, -0.05) is 152 Å². The van der Waals surface area contributed by atoms with Gasteiger partial charge in [-0.05, 0) is 47.0 Å². The van der Waals surface area contributed by atoms with Crippen LogP contribution in [0.4, 0.5) is 0 Å². The molecule has 11 aromatic rings. The number of furan rings is 1. The molecule has 262 valence electrons. The summed E-state index contributed by atoms with van der Waals surface area (Å²) >= 11 is 0. The summed E-state index contributed by atoms with van der Waals surface area (Å²) in [6.07, 6.45) is 1.97. The van der Waals surface area contributed by atoms with E-state index in [1.54, 1.807) is 0 Å². The lowest BCUT2D eigenvalue weighted by Crippen LogP contribution is -2.06. The van der Waals surface area contributed by atoms with Crippen LogP contribution in [0.5, 0.6) is 0 Å². The minimum Gasteiger partial charge on any atom is -0.455 e. The van der Waals surface area contributed by atoms with Crippen molar-refractivity contribution in [3.05, 3.63) is 188 Å². The van der Waals surface area contributed by atoms with Gasteiger partial charge in [-0.2, -0.15) is 0 Å². The van der Waals surface area contributed by atoms with Crippen LogP contribution in [-0.4, -0.2) is 24.5 Å². The van der Waals surface area contributed by atoms with Crippen LogP contribution in [0.15, 0.2) is 193 Å². The zero-order valence-corrected chi connectivity index (χ0v) is 30.0. The molecule has 0 saturated heterocycles. The third-order valence-electron chi connectivity index (χ3n) is 10.5. The molecule has 0 aliphatic heterocycles. The number of benzene rings is 7. The minimum atomic E-state index is 0.523. The Balaban J connectivity index is 1.24. The Morgan fingerprint density at radius 1 is 0.393 bits per heavy atom. The molecule has 4 aromatic heterocycles. The van der Waals surface area contributed by atoms with E-state index < -0.39 is 0 Å². The van der Waals surface area contributed by atoms with Gasteiger partial charge in [0.1, 0.15) is 17.0 Å². The molecule has 0 atom stereocenters. The van der Waals surface area contributed by atoms with Gasteiger partial charge in [0, 0.05) is 39.0 Å². The molecule has 6 heteroatoms. The van der Waals surface area contributed by atoms with E-state index in [1.807, 2.05) is 85.1 Å². The maximum absolute atomic E-state index is 6.63. The molecule has 0 amide bonds. The minimum absolute atomic E-state index is 0.523. The molecule has 0 aliphatic rings. The summed E-state index contributed by atoms with van der Waals surface area (Å²) in [7, 11) is 0. The largest absolute Gasteiger partial charge is 0.455 e. The van der Waals surface area contributed by atoms with Gasteiger partial charge in [0.05, 0.1) is 22.0 Å². The molecule has 0 unspecified atom stereocenters. The van der Waals surface area contributed by atoms with E-state index in [1.165, 1.54) is 0 Å². The third kappa shape index (κ3) is 5.19. The summed E-state index contributed by atoms with van der Waals surface area (Å²) in [4.78, 5) is 20.8. The molecule has 56 heavy (non-hydrogen) atoms. The molecule has 0 spiro atoms. The molecule has 4 heterocycles. The molecule has 6 nitrogen and oxygen atoms in total. The van der Waals surface area contributed by atoms with Gasteiger partial charge in [0.15, 0.2) is 17.5 Å². The number of aromatic nitrogens is 5. The Morgan fingerprint density at radius 2 is 0.946 bits per heavy atom. The van der Waals surface area contributed by atoms with Crippen LogP contribution in [0, 0.1) is 0 Å².